The number of carbonyl (C=O) groups excluding carboxylic acids is 2. The van der Waals surface area contributed by atoms with Gasteiger partial charge in [-0.1, -0.05) is 48.5 Å². The average Bonchev–Trinajstić information content (AvgIpc) is 2.08. The number of amides is 2. The van der Waals surface area contributed by atoms with Crippen LogP contribution in [0.5, 0.6) is 0 Å². The molecule has 0 aromatic carbocycles. The van der Waals surface area contributed by atoms with Gasteiger partial charge in [0.2, 0.25) is 6.09 Å². The van der Waals surface area contributed by atoms with Crippen LogP contribution in [0.25, 0.3) is 11.5 Å². The molecular weight excluding hydrogens is 271 g/mol. The molecule has 19 heavy (non-hydrogen) atoms. The van der Waals surface area contributed by atoms with Crippen molar-refractivity contribution in [3.05, 3.63) is 11.5 Å². The molecule has 0 aromatic rings. The number of carbonyl (C=O) groups is 2. The van der Waals surface area contributed by atoms with Gasteiger partial charge in [-0.25, -0.2) is 0 Å². The number of hydrogen-bond acceptors (Lipinski definition) is 3. The molecule has 0 radical (unpaired) electrons. The van der Waals surface area contributed by atoms with Gasteiger partial charge in [0.15, 0.2) is 0 Å². The predicted molar refractivity (Wildman–Crippen MR) is 73.1 cm³/mol. The maximum absolute atomic E-state index is 10.8. The summed E-state index contributed by atoms with van der Waals surface area (Å²) < 4.78 is 10.7. The molecule has 6 heteroatoms. The third kappa shape index (κ3) is 11.9. The van der Waals surface area contributed by atoms with Gasteiger partial charge in [-0.3, -0.25) is 4.79 Å². The molecule has 0 spiro atoms. The minimum Gasteiger partial charge on any atom is -0.671 e. The Balaban J connectivity index is -0.000000508. The number of rotatable bonds is 2. The molecule has 2 atom stereocenters. The van der Waals surface area contributed by atoms with Gasteiger partial charge in [0.1, 0.15) is 6.10 Å². The van der Waals surface area contributed by atoms with Crippen molar-refractivity contribution < 1.29 is 67.1 Å². The zero-order chi connectivity index (χ0) is 16.0. The Morgan fingerprint density at radius 1 is 1.21 bits per heavy atom. The van der Waals surface area contributed by atoms with E-state index in [0.717, 1.165) is 0 Å². The van der Waals surface area contributed by atoms with Crippen molar-refractivity contribution in [2.75, 3.05) is 0 Å². The molecule has 0 fully saturated rings. The summed E-state index contributed by atoms with van der Waals surface area (Å²) in [6.45, 7) is 14.5. The van der Waals surface area contributed by atoms with Gasteiger partial charge in [0.05, 0.1) is 1.37 Å². The summed E-state index contributed by atoms with van der Waals surface area (Å²) >= 11 is 0. The van der Waals surface area contributed by atoms with Crippen LogP contribution in [0.2, 0.25) is 0 Å². The molecule has 2 amide bonds. The third-order valence-electron chi connectivity index (χ3n) is 2.91. The van der Waals surface area contributed by atoms with Crippen LogP contribution >= 0.6 is 0 Å². The van der Waals surface area contributed by atoms with E-state index in [1.54, 1.807) is 0 Å². The first-order valence-electron chi connectivity index (χ1n) is 6.34. The topological polar surface area (TPSA) is 91.0 Å². The Morgan fingerprint density at radius 3 is 1.68 bits per heavy atom. The molecule has 0 aliphatic rings. The molecule has 1 unspecified atom stereocenters. The van der Waals surface area contributed by atoms with Crippen molar-refractivity contribution in [1.82, 2.24) is 0 Å². The molecular formula is C13H26KN2O3-. The summed E-state index contributed by atoms with van der Waals surface area (Å²) in [5.41, 5.74) is 12.5. The van der Waals surface area contributed by atoms with Crippen molar-refractivity contribution in [2.24, 2.45) is 16.7 Å². The van der Waals surface area contributed by atoms with Gasteiger partial charge in [0.25, 0.3) is 0 Å². The van der Waals surface area contributed by atoms with E-state index in [-0.39, 0.29) is 74.2 Å². The second kappa shape index (κ2) is 10.2. The summed E-state index contributed by atoms with van der Waals surface area (Å²) in [4.78, 5) is 19.6. The summed E-state index contributed by atoms with van der Waals surface area (Å²) in [5.74, 6) is 0.215. The van der Waals surface area contributed by atoms with Gasteiger partial charge in [-0.05, 0) is 16.7 Å². The van der Waals surface area contributed by atoms with E-state index in [4.69, 9.17) is 22.4 Å². The molecule has 0 bridgehead atoms. The predicted octanol–water partition coefficient (Wildman–Crippen LogP) is 1.47. The fourth-order valence-corrected chi connectivity index (χ4v) is 1.60. The molecule has 0 rings (SSSR count). The van der Waals surface area contributed by atoms with Crippen LogP contribution in [0, 0.1) is 16.7 Å². The number of hydrogen-bond donors (Lipinski definition) is 0. The van der Waals surface area contributed by atoms with Crippen LogP contribution in [-0.4, -0.2) is 18.6 Å². The molecule has 5 nitrogen and oxygen atoms in total. The Morgan fingerprint density at radius 2 is 1.53 bits per heavy atom. The quantitative estimate of drug-likeness (QED) is 0.571. The van der Waals surface area contributed by atoms with Crippen LogP contribution < -0.4 is 51.4 Å². The Labute approximate surface area is 161 Å². The number of nitrogens with one attached hydrogen (secondary N) is 2. The van der Waals surface area contributed by atoms with E-state index in [1.165, 1.54) is 0 Å². The molecule has 0 saturated heterocycles. The Hall–Kier alpha value is 0.376. The van der Waals surface area contributed by atoms with Crippen LogP contribution in [0.1, 0.15) is 49.8 Å². The first-order valence-corrected chi connectivity index (χ1v) is 5.84. The summed E-state index contributed by atoms with van der Waals surface area (Å²) in [6, 6.07) is 0. The van der Waals surface area contributed by atoms with Crippen molar-refractivity contribution >= 4 is 12.5 Å². The molecule has 0 aliphatic heterocycles. The van der Waals surface area contributed by atoms with E-state index in [9.17, 15) is 4.79 Å². The van der Waals surface area contributed by atoms with Crippen molar-refractivity contribution in [2.45, 2.75) is 54.6 Å². The summed E-state index contributed by atoms with van der Waals surface area (Å²) in [7, 11) is 0. The molecule has 0 aliphatic carbocycles. The van der Waals surface area contributed by atoms with E-state index in [2.05, 4.69) is 27.7 Å². The smallest absolute Gasteiger partial charge is 0.671 e. The van der Waals surface area contributed by atoms with Crippen LogP contribution in [0.3, 0.4) is 0 Å². The van der Waals surface area contributed by atoms with Gasteiger partial charge in [-0.15, -0.1) is 0 Å². The summed E-state index contributed by atoms with van der Waals surface area (Å²) in [6.07, 6.45) is -2.49. The minimum atomic E-state index is -1.33. The van der Waals surface area contributed by atoms with Crippen molar-refractivity contribution in [3.8, 4) is 0 Å². The first kappa shape index (κ1) is 21.7. The SMILES string of the molecule is C[C@H](C(OC([NH-])=O)C(C)(C)C)C(C)(C)C.[2H]C([NH-])=O.[K+]. The second-order valence-electron chi connectivity index (χ2n) is 6.45. The third-order valence-corrected chi connectivity index (χ3v) is 2.91. The molecule has 0 heterocycles. The van der Waals surface area contributed by atoms with E-state index < -0.39 is 12.5 Å². The summed E-state index contributed by atoms with van der Waals surface area (Å²) in [5, 5.41) is 0. The minimum absolute atomic E-state index is 0. The normalized spacial score (nSPS) is 14.8. The van der Waals surface area contributed by atoms with Gasteiger partial charge in [0, 0.05) is 6.39 Å². The monoisotopic (exact) mass is 298 g/mol. The molecule has 108 valence electrons. The largest absolute Gasteiger partial charge is 1.00 e. The Bertz CT molecular complexity index is 308. The fourth-order valence-electron chi connectivity index (χ4n) is 1.60. The standard InChI is InChI=1S/C12H25NO2.CH3NO.K/c1-8(11(2,3)4)9(12(5,6)7)15-10(13)14;2-1-3;/h8-9H,1-7H3,(H2,13,14);1H,(H2,2,3);/q;;+1/p-2/t8-,9?;;/m1../s1/i;1D;. The van der Waals surface area contributed by atoms with Crippen molar-refractivity contribution in [3.63, 3.8) is 0 Å². The van der Waals surface area contributed by atoms with Crippen molar-refractivity contribution in [1.29, 1.82) is 0 Å². The van der Waals surface area contributed by atoms with Gasteiger partial charge in [-0.2, -0.15) is 0 Å². The average molecular weight is 298 g/mol. The zero-order valence-electron chi connectivity index (χ0n) is 14.4. The van der Waals surface area contributed by atoms with Crippen LogP contribution in [0.15, 0.2) is 0 Å². The van der Waals surface area contributed by atoms with Gasteiger partial charge >= 0.3 is 51.4 Å². The fraction of sp³-hybridized carbons (Fsp3) is 0.846. The zero-order valence-corrected chi connectivity index (χ0v) is 16.5. The van der Waals surface area contributed by atoms with Gasteiger partial charge < -0.3 is 21.0 Å². The first-order chi connectivity index (χ1) is 8.19. The van der Waals surface area contributed by atoms with Crippen LogP contribution in [0.4, 0.5) is 4.79 Å². The van der Waals surface area contributed by atoms with E-state index >= 15 is 0 Å². The van der Waals surface area contributed by atoms with Crippen LogP contribution in [-0.2, 0) is 9.53 Å². The maximum atomic E-state index is 10.8. The molecule has 0 saturated carbocycles. The Kier molecular flexibility index (Phi) is 11.6. The molecule has 0 aromatic heterocycles. The maximum Gasteiger partial charge on any atom is 1.00 e. The van der Waals surface area contributed by atoms with E-state index in [1.807, 2.05) is 20.8 Å². The molecule has 2 N–H and O–H groups in total. The van der Waals surface area contributed by atoms with E-state index in [0.29, 0.717) is 0 Å². The number of ether oxygens (including phenoxy) is 1. The second-order valence-corrected chi connectivity index (χ2v) is 6.45.